The Morgan fingerprint density at radius 2 is 2.22 bits per heavy atom. The molecule has 1 aromatic carbocycles. The molecule has 3 rings (SSSR count). The summed E-state index contributed by atoms with van der Waals surface area (Å²) in [4.78, 5) is 9.10. The molecule has 9 heteroatoms. The maximum absolute atomic E-state index is 14.2. The summed E-state index contributed by atoms with van der Waals surface area (Å²) in [5.41, 5.74) is 6.75. The number of hydrogen-bond donors (Lipinski definition) is 2. The van der Waals surface area contributed by atoms with Crippen LogP contribution in [0.3, 0.4) is 0 Å². The largest absolute Gasteiger partial charge is 0.398 e. The third-order valence-electron chi connectivity index (χ3n) is 2.98. The number of nitrogens with zero attached hydrogens (tertiary/aromatic N) is 3. The minimum atomic E-state index is -0.406. The monoisotopic (exact) mass is 365 g/mol. The summed E-state index contributed by atoms with van der Waals surface area (Å²) in [6, 6.07) is 2.91. The number of nitrogens with one attached hydrogen (secondary N) is 1. The van der Waals surface area contributed by atoms with E-state index >= 15 is 0 Å². The molecule has 0 amide bonds. The van der Waals surface area contributed by atoms with Crippen molar-refractivity contribution in [3.63, 3.8) is 0 Å². The SMILES string of the molecule is Cn1ccnc1Sc1cc(C(=S)Nc2nccs2)c(N)cc1F. The standard InChI is InChI=1S/C14H12FN5S3/c1-20-4-2-18-14(20)23-11-6-8(10(16)7-9(11)15)12(21)19-13-17-3-5-22-13/h2-7H,16H2,1H3,(H,17,19,21). The summed E-state index contributed by atoms with van der Waals surface area (Å²) in [6.07, 6.45) is 5.13. The number of nitrogen functional groups attached to an aromatic ring is 1. The maximum atomic E-state index is 14.2. The topological polar surface area (TPSA) is 68.8 Å². The van der Waals surface area contributed by atoms with E-state index in [4.69, 9.17) is 18.0 Å². The van der Waals surface area contributed by atoms with Crippen LogP contribution in [0.15, 0.2) is 46.2 Å². The quantitative estimate of drug-likeness (QED) is 0.544. The van der Waals surface area contributed by atoms with E-state index < -0.39 is 5.82 Å². The molecule has 0 saturated heterocycles. The van der Waals surface area contributed by atoms with Crippen molar-refractivity contribution in [2.45, 2.75) is 10.1 Å². The van der Waals surface area contributed by atoms with Gasteiger partial charge in [-0.3, -0.25) is 0 Å². The third-order valence-corrected chi connectivity index (χ3v) is 5.10. The van der Waals surface area contributed by atoms with E-state index in [1.54, 1.807) is 24.7 Å². The number of thiocarbonyl (C=S) groups is 1. The van der Waals surface area contributed by atoms with Gasteiger partial charge in [0.2, 0.25) is 0 Å². The Labute approximate surface area is 145 Å². The van der Waals surface area contributed by atoms with Crippen LogP contribution in [-0.2, 0) is 7.05 Å². The van der Waals surface area contributed by atoms with Crippen LogP contribution in [0.4, 0.5) is 15.2 Å². The fourth-order valence-corrected chi connectivity index (χ4v) is 3.56. The van der Waals surface area contributed by atoms with Gasteiger partial charge in [-0.15, -0.1) is 11.3 Å². The number of imidazole rings is 1. The van der Waals surface area contributed by atoms with Gasteiger partial charge >= 0.3 is 0 Å². The molecule has 0 aliphatic carbocycles. The number of rotatable bonds is 4. The first-order valence-electron chi connectivity index (χ1n) is 6.49. The Balaban J connectivity index is 1.90. The van der Waals surface area contributed by atoms with Gasteiger partial charge < -0.3 is 15.6 Å². The lowest BCUT2D eigenvalue weighted by Gasteiger charge is -2.11. The molecule has 0 radical (unpaired) electrons. The molecule has 0 aliphatic rings. The molecule has 2 heterocycles. The van der Waals surface area contributed by atoms with Crippen LogP contribution in [0.5, 0.6) is 0 Å². The van der Waals surface area contributed by atoms with E-state index in [1.165, 1.54) is 29.2 Å². The predicted octanol–water partition coefficient (Wildman–Crippen LogP) is 3.54. The van der Waals surface area contributed by atoms with Crippen molar-refractivity contribution in [3.8, 4) is 0 Å². The molecule has 3 N–H and O–H groups in total. The molecule has 0 atom stereocenters. The molecule has 0 unspecified atom stereocenters. The second-order valence-corrected chi connectivity index (χ2v) is 6.90. The number of nitrogens with two attached hydrogens (primary N) is 1. The first kappa shape index (κ1) is 15.9. The highest BCUT2D eigenvalue weighted by Gasteiger charge is 2.15. The van der Waals surface area contributed by atoms with E-state index in [-0.39, 0.29) is 5.69 Å². The average molecular weight is 365 g/mol. The number of benzene rings is 1. The molecular formula is C14H12FN5S3. The normalized spacial score (nSPS) is 10.7. The second kappa shape index (κ2) is 6.65. The average Bonchev–Trinajstić information content (AvgIpc) is 3.14. The zero-order valence-corrected chi connectivity index (χ0v) is 14.4. The molecule has 2 aromatic heterocycles. The first-order chi connectivity index (χ1) is 11.0. The van der Waals surface area contributed by atoms with Crippen LogP contribution >= 0.6 is 35.3 Å². The lowest BCUT2D eigenvalue weighted by Crippen LogP contribution is -2.13. The Morgan fingerprint density at radius 1 is 1.39 bits per heavy atom. The van der Waals surface area contributed by atoms with Gasteiger partial charge in [0.15, 0.2) is 10.3 Å². The lowest BCUT2D eigenvalue weighted by atomic mass is 10.1. The third kappa shape index (κ3) is 3.52. The molecule has 5 nitrogen and oxygen atoms in total. The highest BCUT2D eigenvalue weighted by Crippen LogP contribution is 2.32. The molecule has 0 fully saturated rings. The van der Waals surface area contributed by atoms with Crippen molar-refractivity contribution >= 4 is 51.1 Å². The van der Waals surface area contributed by atoms with Crippen molar-refractivity contribution < 1.29 is 4.39 Å². The van der Waals surface area contributed by atoms with Crippen LogP contribution in [0.2, 0.25) is 0 Å². The van der Waals surface area contributed by atoms with Crippen LogP contribution in [0.1, 0.15) is 5.56 Å². The van der Waals surface area contributed by atoms with Crippen molar-refractivity contribution in [2.75, 3.05) is 11.1 Å². The summed E-state index contributed by atoms with van der Waals surface area (Å²) in [6.45, 7) is 0. The smallest absolute Gasteiger partial charge is 0.187 e. The van der Waals surface area contributed by atoms with Crippen LogP contribution in [-0.4, -0.2) is 19.5 Å². The lowest BCUT2D eigenvalue weighted by molar-refractivity contribution is 0.602. The zero-order chi connectivity index (χ0) is 16.4. The van der Waals surface area contributed by atoms with Gasteiger partial charge in [0.05, 0.1) is 4.90 Å². The van der Waals surface area contributed by atoms with Gasteiger partial charge in [0.1, 0.15) is 10.8 Å². The molecule has 23 heavy (non-hydrogen) atoms. The van der Waals surface area contributed by atoms with E-state index in [0.717, 1.165) is 0 Å². The number of anilines is 2. The van der Waals surface area contributed by atoms with Crippen LogP contribution < -0.4 is 11.1 Å². The summed E-state index contributed by atoms with van der Waals surface area (Å²) >= 11 is 7.99. The van der Waals surface area contributed by atoms with Gasteiger partial charge in [-0.25, -0.2) is 14.4 Å². The predicted molar refractivity (Wildman–Crippen MR) is 95.6 cm³/mol. The fraction of sp³-hybridized carbons (Fsp3) is 0.0714. The Bertz CT molecular complexity index is 844. The highest BCUT2D eigenvalue weighted by atomic mass is 32.2. The van der Waals surface area contributed by atoms with Crippen molar-refractivity contribution in [2.24, 2.45) is 7.05 Å². The van der Waals surface area contributed by atoms with Gasteiger partial charge in [0.25, 0.3) is 0 Å². The van der Waals surface area contributed by atoms with Crippen molar-refractivity contribution in [1.82, 2.24) is 14.5 Å². The van der Waals surface area contributed by atoms with Crippen molar-refractivity contribution in [1.29, 1.82) is 0 Å². The summed E-state index contributed by atoms with van der Waals surface area (Å²) in [5.74, 6) is -0.406. The van der Waals surface area contributed by atoms with Gasteiger partial charge in [0, 0.05) is 42.3 Å². The summed E-state index contributed by atoms with van der Waals surface area (Å²) < 4.78 is 16.0. The molecule has 0 aliphatic heterocycles. The van der Waals surface area contributed by atoms with Gasteiger partial charge in [-0.1, -0.05) is 12.2 Å². The Kier molecular flexibility index (Phi) is 4.60. The van der Waals surface area contributed by atoms with Gasteiger partial charge in [-0.05, 0) is 23.9 Å². The van der Waals surface area contributed by atoms with Crippen molar-refractivity contribution in [3.05, 3.63) is 47.5 Å². The number of halogens is 1. The zero-order valence-electron chi connectivity index (χ0n) is 12.0. The molecular weight excluding hydrogens is 353 g/mol. The molecule has 0 saturated carbocycles. The number of aryl methyl sites for hydroxylation is 1. The molecule has 3 aromatic rings. The summed E-state index contributed by atoms with van der Waals surface area (Å²) in [5, 5.41) is 6.18. The molecule has 0 spiro atoms. The molecule has 118 valence electrons. The van der Waals surface area contributed by atoms with E-state index in [9.17, 15) is 4.39 Å². The minimum absolute atomic E-state index is 0.278. The fourth-order valence-electron chi connectivity index (χ4n) is 1.84. The Hall–Kier alpha value is -1.97. The number of thiazole rings is 1. The number of hydrogen-bond acceptors (Lipinski definition) is 6. The Morgan fingerprint density at radius 3 is 2.87 bits per heavy atom. The number of aromatic nitrogens is 3. The highest BCUT2D eigenvalue weighted by molar-refractivity contribution is 7.99. The van der Waals surface area contributed by atoms with E-state index in [2.05, 4.69) is 15.3 Å². The maximum Gasteiger partial charge on any atom is 0.187 e. The van der Waals surface area contributed by atoms with Gasteiger partial charge in [-0.2, -0.15) is 0 Å². The van der Waals surface area contributed by atoms with E-state index in [1.807, 2.05) is 17.0 Å². The minimum Gasteiger partial charge on any atom is -0.398 e. The first-order valence-corrected chi connectivity index (χ1v) is 8.60. The molecule has 0 bridgehead atoms. The second-order valence-electron chi connectivity index (χ2n) is 4.58. The van der Waals surface area contributed by atoms with Crippen LogP contribution in [0.25, 0.3) is 0 Å². The summed E-state index contributed by atoms with van der Waals surface area (Å²) in [7, 11) is 1.85. The van der Waals surface area contributed by atoms with Crippen LogP contribution in [0, 0.1) is 5.82 Å². The van der Waals surface area contributed by atoms with E-state index in [0.29, 0.717) is 25.7 Å².